The van der Waals surface area contributed by atoms with Gasteiger partial charge in [0.1, 0.15) is 5.75 Å². The van der Waals surface area contributed by atoms with Gasteiger partial charge >= 0.3 is 0 Å². The molecule has 0 N–H and O–H groups in total. The Balaban J connectivity index is 1.38. The van der Waals surface area contributed by atoms with Crippen LogP contribution in [0.5, 0.6) is 5.75 Å². The van der Waals surface area contributed by atoms with Gasteiger partial charge in [0.05, 0.1) is 31.0 Å². The molecule has 1 aromatic carbocycles. The Bertz CT molecular complexity index is 981. The molecule has 1 fully saturated rings. The zero-order chi connectivity index (χ0) is 20.2. The quantitative estimate of drug-likeness (QED) is 0.640. The van der Waals surface area contributed by atoms with Gasteiger partial charge in [-0.1, -0.05) is 24.3 Å². The van der Waals surface area contributed by atoms with E-state index in [0.29, 0.717) is 13.0 Å². The van der Waals surface area contributed by atoms with Crippen molar-refractivity contribution in [2.45, 2.75) is 32.2 Å². The molecule has 3 heterocycles. The number of amides is 1. The monoisotopic (exact) mass is 390 g/mol. The first-order valence-corrected chi connectivity index (χ1v) is 10.0. The van der Waals surface area contributed by atoms with Crippen LogP contribution in [-0.2, 0) is 11.8 Å². The highest BCUT2D eigenvalue weighted by Gasteiger charge is 2.30. The summed E-state index contributed by atoms with van der Waals surface area (Å²) < 4.78 is 7.58. The normalized spacial score (nSPS) is 16.2. The van der Waals surface area contributed by atoms with Crippen LogP contribution in [0, 0.1) is 6.92 Å². The van der Waals surface area contributed by atoms with Gasteiger partial charge in [-0.25, -0.2) is 0 Å². The van der Waals surface area contributed by atoms with E-state index in [0.717, 1.165) is 47.5 Å². The highest BCUT2D eigenvalue weighted by Crippen LogP contribution is 2.32. The van der Waals surface area contributed by atoms with E-state index in [1.807, 2.05) is 67.8 Å². The predicted octanol–water partition coefficient (Wildman–Crippen LogP) is 3.92. The Morgan fingerprint density at radius 3 is 2.76 bits per heavy atom. The van der Waals surface area contributed by atoms with Crippen LogP contribution in [-0.4, -0.2) is 38.7 Å². The Labute approximate surface area is 171 Å². The zero-order valence-electron chi connectivity index (χ0n) is 16.9. The Morgan fingerprint density at radius 2 is 2.03 bits per heavy atom. The van der Waals surface area contributed by atoms with Gasteiger partial charge in [0.15, 0.2) is 0 Å². The average molecular weight is 390 g/mol. The van der Waals surface area contributed by atoms with Gasteiger partial charge in [0, 0.05) is 37.1 Å². The fourth-order valence-corrected chi connectivity index (χ4v) is 3.83. The maximum Gasteiger partial charge on any atom is 0.226 e. The van der Waals surface area contributed by atoms with Gasteiger partial charge in [-0.2, -0.15) is 5.10 Å². The predicted molar refractivity (Wildman–Crippen MR) is 111 cm³/mol. The molecule has 4 rings (SSSR count). The lowest BCUT2D eigenvalue weighted by Crippen LogP contribution is -2.31. The Hall–Kier alpha value is -3.15. The van der Waals surface area contributed by atoms with E-state index in [1.165, 1.54) is 0 Å². The third-order valence-electron chi connectivity index (χ3n) is 5.41. The molecule has 1 aliphatic heterocycles. The van der Waals surface area contributed by atoms with E-state index in [1.54, 1.807) is 4.68 Å². The van der Waals surface area contributed by atoms with E-state index in [9.17, 15) is 4.79 Å². The smallest absolute Gasteiger partial charge is 0.226 e. The van der Waals surface area contributed by atoms with Gasteiger partial charge in [-0.3, -0.25) is 14.5 Å². The number of benzene rings is 1. The number of ether oxygens (including phenoxy) is 1. The number of carbonyl (C=O) groups is 1. The molecule has 0 aliphatic carbocycles. The van der Waals surface area contributed by atoms with Crippen LogP contribution >= 0.6 is 0 Å². The highest BCUT2D eigenvalue weighted by atomic mass is 16.5. The van der Waals surface area contributed by atoms with Crippen molar-refractivity contribution in [2.75, 3.05) is 13.2 Å². The van der Waals surface area contributed by atoms with E-state index < -0.39 is 0 Å². The molecule has 1 unspecified atom stereocenters. The molecule has 0 spiro atoms. The minimum atomic E-state index is 0.0453. The topological polar surface area (TPSA) is 60.2 Å². The molecule has 0 radical (unpaired) electrons. The number of hydrogen-bond donors (Lipinski definition) is 0. The fraction of sp³-hybridized carbons (Fsp3) is 0.348. The van der Waals surface area contributed by atoms with Crippen molar-refractivity contribution in [2.24, 2.45) is 7.05 Å². The minimum Gasteiger partial charge on any atom is -0.493 e. The summed E-state index contributed by atoms with van der Waals surface area (Å²) in [4.78, 5) is 19.4. The van der Waals surface area contributed by atoms with Crippen LogP contribution in [0.1, 0.15) is 36.6 Å². The van der Waals surface area contributed by atoms with E-state index in [4.69, 9.17) is 4.74 Å². The van der Waals surface area contributed by atoms with E-state index >= 15 is 0 Å². The highest BCUT2D eigenvalue weighted by molar-refractivity contribution is 5.77. The summed E-state index contributed by atoms with van der Waals surface area (Å²) in [5.41, 5.74) is 4.10. The summed E-state index contributed by atoms with van der Waals surface area (Å²) in [5.74, 6) is 0.963. The number of hydrogen-bond acceptors (Lipinski definition) is 4. The zero-order valence-corrected chi connectivity index (χ0v) is 16.9. The molecule has 150 valence electrons. The first-order valence-electron chi connectivity index (χ1n) is 10.0. The van der Waals surface area contributed by atoms with Gasteiger partial charge in [0.2, 0.25) is 5.91 Å². The number of carbonyl (C=O) groups excluding carboxylic acids is 1. The van der Waals surface area contributed by atoms with Gasteiger partial charge in [-0.15, -0.1) is 0 Å². The Kier molecular flexibility index (Phi) is 5.60. The second-order valence-electron chi connectivity index (χ2n) is 7.48. The van der Waals surface area contributed by atoms with Crippen molar-refractivity contribution < 1.29 is 9.53 Å². The largest absolute Gasteiger partial charge is 0.493 e. The number of aryl methyl sites for hydroxylation is 2. The summed E-state index contributed by atoms with van der Waals surface area (Å²) >= 11 is 0. The first-order chi connectivity index (χ1) is 14.1. The van der Waals surface area contributed by atoms with Crippen molar-refractivity contribution in [1.29, 1.82) is 0 Å². The van der Waals surface area contributed by atoms with E-state index in [2.05, 4.69) is 16.1 Å². The summed E-state index contributed by atoms with van der Waals surface area (Å²) in [6, 6.07) is 12.0. The van der Waals surface area contributed by atoms with Crippen LogP contribution in [0.3, 0.4) is 0 Å². The molecule has 2 aromatic heterocycles. The first kappa shape index (κ1) is 19.2. The number of nitrogens with zero attached hydrogens (tertiary/aromatic N) is 4. The average Bonchev–Trinajstić information content (AvgIpc) is 3.39. The second kappa shape index (κ2) is 8.47. The second-order valence-corrected chi connectivity index (χ2v) is 7.48. The SMILES string of the molecule is Cc1ccccc1OCCC(=O)N1CCCC1c1ccc(-c2cnn(C)c2)cn1. The van der Waals surface area contributed by atoms with Crippen molar-refractivity contribution in [3.8, 4) is 16.9 Å². The van der Waals surface area contributed by atoms with Gasteiger partial charge in [-0.05, 0) is 37.5 Å². The molecular weight excluding hydrogens is 364 g/mol. The summed E-state index contributed by atoms with van der Waals surface area (Å²) in [6.07, 6.45) is 7.99. The molecular formula is C23H26N4O2. The lowest BCUT2D eigenvalue weighted by atomic mass is 10.1. The lowest BCUT2D eigenvalue weighted by molar-refractivity contribution is -0.132. The molecule has 1 amide bonds. The third-order valence-corrected chi connectivity index (χ3v) is 5.41. The van der Waals surface area contributed by atoms with Crippen LogP contribution in [0.15, 0.2) is 55.0 Å². The summed E-state index contributed by atoms with van der Waals surface area (Å²) in [7, 11) is 1.90. The summed E-state index contributed by atoms with van der Waals surface area (Å²) in [5, 5.41) is 4.21. The number of aromatic nitrogens is 3. The fourth-order valence-electron chi connectivity index (χ4n) is 3.83. The van der Waals surface area contributed by atoms with Crippen molar-refractivity contribution in [3.05, 3.63) is 66.2 Å². The molecule has 6 heteroatoms. The molecule has 6 nitrogen and oxygen atoms in total. The van der Waals surface area contributed by atoms with Crippen LogP contribution in [0.4, 0.5) is 0 Å². The van der Waals surface area contributed by atoms with Crippen molar-refractivity contribution in [1.82, 2.24) is 19.7 Å². The van der Waals surface area contributed by atoms with Gasteiger partial charge in [0.25, 0.3) is 0 Å². The maximum atomic E-state index is 12.8. The molecule has 0 bridgehead atoms. The van der Waals surface area contributed by atoms with Crippen molar-refractivity contribution in [3.63, 3.8) is 0 Å². The third kappa shape index (κ3) is 4.31. The summed E-state index contributed by atoms with van der Waals surface area (Å²) in [6.45, 7) is 3.18. The molecule has 3 aromatic rings. The number of rotatable bonds is 6. The number of pyridine rings is 1. The van der Waals surface area contributed by atoms with Crippen LogP contribution < -0.4 is 4.74 Å². The molecule has 1 atom stereocenters. The Morgan fingerprint density at radius 1 is 1.17 bits per heavy atom. The lowest BCUT2D eigenvalue weighted by Gasteiger charge is -2.24. The van der Waals surface area contributed by atoms with Crippen LogP contribution in [0.2, 0.25) is 0 Å². The maximum absolute atomic E-state index is 12.8. The van der Waals surface area contributed by atoms with Gasteiger partial charge < -0.3 is 9.64 Å². The molecule has 0 saturated carbocycles. The minimum absolute atomic E-state index is 0.0453. The molecule has 1 saturated heterocycles. The molecule has 1 aliphatic rings. The van der Waals surface area contributed by atoms with E-state index in [-0.39, 0.29) is 11.9 Å². The van der Waals surface area contributed by atoms with Crippen LogP contribution in [0.25, 0.3) is 11.1 Å². The molecule has 29 heavy (non-hydrogen) atoms. The van der Waals surface area contributed by atoms with Crippen molar-refractivity contribution >= 4 is 5.91 Å². The standard InChI is InChI=1S/C23H26N4O2/c1-17-6-3-4-8-22(17)29-13-11-23(28)27-12-5-7-21(27)20-10-9-18(14-24-20)19-15-25-26(2)16-19/h3-4,6,8-10,14-16,21H,5,7,11-13H2,1-2H3. The number of para-hydroxylation sites is 1. The number of likely N-dealkylation sites (tertiary alicyclic amines) is 1.